The molecule has 4 nitrogen and oxygen atoms in total. The Morgan fingerprint density at radius 2 is 1.54 bits per heavy atom. The van der Waals surface area contributed by atoms with Gasteiger partial charge in [-0.05, 0) is 70.0 Å². The van der Waals surface area contributed by atoms with Gasteiger partial charge in [-0.15, -0.1) is 0 Å². The molecule has 1 atom stereocenters. The molecule has 0 fully saturated rings. The highest BCUT2D eigenvalue weighted by Crippen LogP contribution is 2.27. The van der Waals surface area contributed by atoms with Gasteiger partial charge < -0.3 is 5.11 Å². The van der Waals surface area contributed by atoms with Crippen LogP contribution in [-0.2, 0) is 0 Å². The minimum Gasteiger partial charge on any atom is -0.387 e. The highest BCUT2D eigenvalue weighted by Gasteiger charge is 2.27. The monoisotopic (exact) mass is 528 g/mol. The Labute approximate surface area is 176 Å². The number of carbonyl (C=O) groups is 1. The standard InChI is InChI=1S/C9H10BrF2NO.C9H8BrF2NO/c2*1-9(11,12)5-7(14)6-3-2-4-8(10)13-6/h2-4,7,14H,5H2,1H3;2-4H,5H2,1H3. The lowest BCUT2D eigenvalue weighted by Gasteiger charge is -2.15. The Morgan fingerprint density at radius 1 is 1.00 bits per heavy atom. The summed E-state index contributed by atoms with van der Waals surface area (Å²) in [5.74, 6) is -6.52. The second kappa shape index (κ2) is 10.4. The average Bonchev–Trinajstić information content (AvgIpc) is 2.52. The van der Waals surface area contributed by atoms with Crippen molar-refractivity contribution >= 4 is 37.6 Å². The number of pyridine rings is 2. The molecule has 2 aromatic rings. The van der Waals surface area contributed by atoms with Crippen molar-refractivity contribution in [1.82, 2.24) is 9.97 Å². The van der Waals surface area contributed by atoms with E-state index in [2.05, 4.69) is 41.8 Å². The lowest BCUT2D eigenvalue weighted by atomic mass is 10.1. The number of aliphatic hydroxyl groups excluding tert-OH is 1. The van der Waals surface area contributed by atoms with Gasteiger partial charge in [0.1, 0.15) is 21.0 Å². The Balaban J connectivity index is 0.000000280. The summed E-state index contributed by atoms with van der Waals surface area (Å²) in [6, 6.07) is 9.45. The zero-order valence-corrected chi connectivity index (χ0v) is 18.1. The van der Waals surface area contributed by atoms with E-state index in [-0.39, 0.29) is 11.4 Å². The number of ketones is 1. The number of halogens is 6. The molecule has 0 bridgehead atoms. The van der Waals surface area contributed by atoms with Crippen LogP contribution in [0.5, 0.6) is 0 Å². The Bertz CT molecular complexity index is 796. The van der Waals surface area contributed by atoms with Crippen molar-refractivity contribution in [3.05, 3.63) is 57.0 Å². The van der Waals surface area contributed by atoms with Gasteiger partial charge in [0.2, 0.25) is 5.92 Å². The fourth-order valence-corrected chi connectivity index (χ4v) is 2.69. The molecule has 0 aromatic carbocycles. The van der Waals surface area contributed by atoms with Crippen LogP contribution in [0.15, 0.2) is 45.6 Å². The van der Waals surface area contributed by atoms with E-state index in [1.54, 1.807) is 24.3 Å². The number of alkyl halides is 4. The molecule has 2 heterocycles. The SMILES string of the molecule is CC(F)(F)CC(=O)c1cccc(Br)n1.CC(F)(F)CC(O)c1cccc(Br)n1. The topological polar surface area (TPSA) is 63.1 Å². The second-order valence-corrected chi connectivity index (χ2v) is 7.82. The molecular formula is C18H18Br2F4N2O2. The highest BCUT2D eigenvalue weighted by atomic mass is 79.9. The predicted molar refractivity (Wildman–Crippen MR) is 104 cm³/mol. The molecule has 28 heavy (non-hydrogen) atoms. The molecule has 2 rings (SSSR count). The van der Waals surface area contributed by atoms with Gasteiger partial charge in [0.05, 0.1) is 12.1 Å². The van der Waals surface area contributed by atoms with E-state index in [4.69, 9.17) is 0 Å². The summed E-state index contributed by atoms with van der Waals surface area (Å²) in [7, 11) is 0. The molecule has 0 aliphatic heterocycles. The van der Waals surface area contributed by atoms with Gasteiger partial charge in [-0.25, -0.2) is 27.5 Å². The lowest BCUT2D eigenvalue weighted by Crippen LogP contribution is -2.17. The fourth-order valence-electron chi connectivity index (χ4n) is 1.99. The number of aliphatic hydroxyl groups is 1. The molecular weight excluding hydrogens is 512 g/mol. The number of rotatable bonds is 6. The van der Waals surface area contributed by atoms with Crippen LogP contribution in [0.3, 0.4) is 0 Å². The summed E-state index contributed by atoms with van der Waals surface area (Å²) >= 11 is 6.16. The molecule has 2 aromatic heterocycles. The van der Waals surface area contributed by atoms with Gasteiger partial charge in [-0.1, -0.05) is 12.1 Å². The van der Waals surface area contributed by atoms with Gasteiger partial charge in [0.15, 0.2) is 5.78 Å². The van der Waals surface area contributed by atoms with Crippen LogP contribution in [0.1, 0.15) is 49.0 Å². The quantitative estimate of drug-likeness (QED) is 0.283. The number of hydrogen-bond donors (Lipinski definition) is 1. The van der Waals surface area contributed by atoms with E-state index >= 15 is 0 Å². The second-order valence-electron chi connectivity index (χ2n) is 6.19. The van der Waals surface area contributed by atoms with Crippen molar-refractivity contribution in [3.8, 4) is 0 Å². The largest absolute Gasteiger partial charge is 0.387 e. The molecule has 1 unspecified atom stereocenters. The smallest absolute Gasteiger partial charge is 0.252 e. The van der Waals surface area contributed by atoms with Gasteiger partial charge in [-0.2, -0.15) is 0 Å². The summed E-state index contributed by atoms with van der Waals surface area (Å²) < 4.78 is 51.1. The summed E-state index contributed by atoms with van der Waals surface area (Å²) in [6.45, 7) is 1.48. The summed E-state index contributed by atoms with van der Waals surface area (Å²) in [4.78, 5) is 18.9. The molecule has 0 saturated heterocycles. The molecule has 10 heteroatoms. The molecule has 0 radical (unpaired) electrons. The van der Waals surface area contributed by atoms with Gasteiger partial charge in [-0.3, -0.25) is 4.79 Å². The first-order valence-electron chi connectivity index (χ1n) is 7.99. The Morgan fingerprint density at radius 3 is 2.00 bits per heavy atom. The van der Waals surface area contributed by atoms with Crippen molar-refractivity contribution in [2.24, 2.45) is 0 Å². The molecule has 154 valence electrons. The van der Waals surface area contributed by atoms with Crippen LogP contribution >= 0.6 is 31.9 Å². The maximum Gasteiger partial charge on any atom is 0.252 e. The minimum atomic E-state index is -2.99. The van der Waals surface area contributed by atoms with E-state index in [1.807, 2.05) is 0 Å². The number of nitrogens with zero attached hydrogens (tertiary/aromatic N) is 2. The van der Waals surface area contributed by atoms with E-state index in [0.29, 0.717) is 16.1 Å². The third-order valence-electron chi connectivity index (χ3n) is 3.10. The van der Waals surface area contributed by atoms with E-state index in [9.17, 15) is 27.5 Å². The molecule has 0 aliphatic rings. The Hall–Kier alpha value is -1.39. The summed E-state index contributed by atoms with van der Waals surface area (Å²) in [6.07, 6.45) is -2.65. The zero-order valence-electron chi connectivity index (χ0n) is 15.0. The maximum absolute atomic E-state index is 12.6. The number of aromatic nitrogens is 2. The number of Topliss-reactive ketones (excluding diaryl/α,β-unsaturated/α-hetero) is 1. The summed E-state index contributed by atoms with van der Waals surface area (Å²) in [5, 5.41) is 9.42. The van der Waals surface area contributed by atoms with E-state index in [1.165, 1.54) is 12.1 Å². The van der Waals surface area contributed by atoms with Crippen molar-refractivity contribution in [1.29, 1.82) is 0 Å². The minimum absolute atomic E-state index is 0.0564. The van der Waals surface area contributed by atoms with Crippen molar-refractivity contribution < 1.29 is 27.5 Å². The van der Waals surface area contributed by atoms with Gasteiger partial charge in [0, 0.05) is 6.42 Å². The first-order valence-corrected chi connectivity index (χ1v) is 9.57. The van der Waals surface area contributed by atoms with E-state index < -0.39 is 36.6 Å². The summed E-state index contributed by atoms with van der Waals surface area (Å²) in [5.41, 5.74) is 0.307. The fraction of sp³-hybridized carbons (Fsp3) is 0.389. The van der Waals surface area contributed by atoms with Crippen LogP contribution in [0, 0.1) is 0 Å². The molecule has 0 aliphatic carbocycles. The third kappa shape index (κ3) is 10.2. The normalized spacial score (nSPS) is 12.8. The number of carbonyl (C=O) groups excluding carboxylic acids is 1. The lowest BCUT2D eigenvalue weighted by molar-refractivity contribution is -0.0295. The van der Waals surface area contributed by atoms with Crippen LogP contribution in [0.4, 0.5) is 17.6 Å². The van der Waals surface area contributed by atoms with Gasteiger partial charge >= 0.3 is 0 Å². The molecule has 0 saturated carbocycles. The molecule has 1 N–H and O–H groups in total. The predicted octanol–water partition coefficient (Wildman–Crippen LogP) is 5.99. The first-order chi connectivity index (χ1) is 12.8. The van der Waals surface area contributed by atoms with Crippen LogP contribution in [-0.4, -0.2) is 32.7 Å². The number of hydrogen-bond acceptors (Lipinski definition) is 4. The first kappa shape index (κ1) is 24.6. The zero-order chi connectivity index (χ0) is 21.5. The average molecular weight is 530 g/mol. The highest BCUT2D eigenvalue weighted by molar-refractivity contribution is 9.10. The van der Waals surface area contributed by atoms with Crippen molar-refractivity contribution in [3.63, 3.8) is 0 Å². The van der Waals surface area contributed by atoms with Crippen molar-refractivity contribution in [2.75, 3.05) is 0 Å². The molecule has 0 amide bonds. The Kier molecular flexibility index (Phi) is 9.16. The third-order valence-corrected chi connectivity index (χ3v) is 3.98. The van der Waals surface area contributed by atoms with Gasteiger partial charge in [0.25, 0.3) is 5.92 Å². The van der Waals surface area contributed by atoms with Crippen LogP contribution in [0.25, 0.3) is 0 Å². The molecule has 0 spiro atoms. The van der Waals surface area contributed by atoms with Crippen LogP contribution < -0.4 is 0 Å². The van der Waals surface area contributed by atoms with E-state index in [0.717, 1.165) is 6.92 Å². The maximum atomic E-state index is 12.6. The van der Waals surface area contributed by atoms with Crippen molar-refractivity contribution in [2.45, 2.75) is 44.6 Å². The van der Waals surface area contributed by atoms with Crippen LogP contribution in [0.2, 0.25) is 0 Å².